The molecule has 0 bridgehead atoms. The van der Waals surface area contributed by atoms with Crippen LogP contribution in [-0.4, -0.2) is 28.5 Å². The van der Waals surface area contributed by atoms with Crippen molar-refractivity contribution in [3.63, 3.8) is 0 Å². The maximum Gasteiger partial charge on any atom is 0.137 e. The van der Waals surface area contributed by atoms with Crippen molar-refractivity contribution >= 4 is 0 Å². The minimum absolute atomic E-state index is 0.712. The summed E-state index contributed by atoms with van der Waals surface area (Å²) in [5.41, 5.74) is 5.27. The third-order valence-corrected chi connectivity index (χ3v) is 4.74. The third-order valence-electron chi connectivity index (χ3n) is 4.74. The topological polar surface area (TPSA) is 64.9 Å². The van der Waals surface area contributed by atoms with E-state index in [2.05, 4.69) is 22.0 Å². The Labute approximate surface area is 152 Å². The molecule has 0 saturated carbocycles. The molecule has 3 aromatic rings. The van der Waals surface area contributed by atoms with E-state index in [1.54, 1.807) is 7.11 Å². The van der Waals surface area contributed by atoms with Crippen molar-refractivity contribution < 1.29 is 4.74 Å². The van der Waals surface area contributed by atoms with Crippen molar-refractivity contribution in [1.82, 2.24) is 14.9 Å². The van der Waals surface area contributed by atoms with Gasteiger partial charge in [0.25, 0.3) is 0 Å². The molecule has 26 heavy (non-hydrogen) atoms. The molecule has 0 saturated heterocycles. The van der Waals surface area contributed by atoms with E-state index in [-0.39, 0.29) is 0 Å². The number of nitrogens with zero attached hydrogens (tertiary/aromatic N) is 3. The second-order valence-electron chi connectivity index (χ2n) is 6.51. The number of rotatable bonds is 4. The van der Waals surface area contributed by atoms with Gasteiger partial charge in [-0.15, -0.1) is 0 Å². The van der Waals surface area contributed by atoms with Crippen LogP contribution in [0.1, 0.15) is 22.5 Å². The molecule has 0 radical (unpaired) electrons. The maximum absolute atomic E-state index is 9.06. The van der Waals surface area contributed by atoms with E-state index in [0.29, 0.717) is 5.56 Å². The predicted molar refractivity (Wildman–Crippen MR) is 99.6 cm³/mol. The summed E-state index contributed by atoms with van der Waals surface area (Å²) >= 11 is 0. The van der Waals surface area contributed by atoms with Crippen molar-refractivity contribution in [2.45, 2.75) is 19.5 Å². The van der Waals surface area contributed by atoms with Crippen molar-refractivity contribution in [2.75, 3.05) is 13.7 Å². The van der Waals surface area contributed by atoms with Gasteiger partial charge in [-0.25, -0.2) is 4.98 Å². The summed E-state index contributed by atoms with van der Waals surface area (Å²) in [6, 6.07) is 18.0. The smallest absolute Gasteiger partial charge is 0.137 e. The van der Waals surface area contributed by atoms with Gasteiger partial charge in [0, 0.05) is 31.6 Å². The third kappa shape index (κ3) is 3.32. The van der Waals surface area contributed by atoms with E-state index in [4.69, 9.17) is 15.0 Å². The van der Waals surface area contributed by atoms with Crippen molar-refractivity contribution in [3.05, 3.63) is 71.0 Å². The number of aromatic nitrogens is 2. The van der Waals surface area contributed by atoms with Gasteiger partial charge in [-0.05, 0) is 42.0 Å². The highest BCUT2D eigenvalue weighted by atomic mass is 16.5. The molecular weight excluding hydrogens is 324 g/mol. The first kappa shape index (κ1) is 16.4. The number of nitriles is 1. The number of hydrogen-bond donors (Lipinski definition) is 1. The van der Waals surface area contributed by atoms with Crippen LogP contribution in [0, 0.1) is 11.3 Å². The van der Waals surface area contributed by atoms with E-state index in [9.17, 15) is 0 Å². The fourth-order valence-electron chi connectivity index (χ4n) is 3.37. The zero-order valence-corrected chi connectivity index (χ0v) is 14.7. The van der Waals surface area contributed by atoms with Crippen LogP contribution in [0.25, 0.3) is 11.4 Å². The molecule has 5 heteroatoms. The lowest BCUT2D eigenvalue weighted by molar-refractivity contribution is 0.241. The first-order valence-corrected chi connectivity index (χ1v) is 8.69. The zero-order chi connectivity index (χ0) is 17.9. The lowest BCUT2D eigenvalue weighted by Gasteiger charge is -2.26. The average Bonchev–Trinajstić information content (AvgIpc) is 3.11. The monoisotopic (exact) mass is 344 g/mol. The highest BCUT2D eigenvalue weighted by Gasteiger charge is 2.20. The Morgan fingerprint density at radius 3 is 2.85 bits per heavy atom. The number of fused-ring (bicyclic) bond motifs is 1. The van der Waals surface area contributed by atoms with Crippen LogP contribution in [0.2, 0.25) is 0 Å². The number of aromatic amines is 1. The predicted octanol–water partition coefficient (Wildman–Crippen LogP) is 3.52. The molecule has 130 valence electrons. The Hall–Kier alpha value is -3.10. The van der Waals surface area contributed by atoms with Gasteiger partial charge in [-0.1, -0.05) is 12.1 Å². The fourth-order valence-corrected chi connectivity index (χ4v) is 3.37. The SMILES string of the molecule is COc1ccc(-c2nc3c([nH]2)CN(Cc2cccc(C#N)c2)CC3)cc1. The highest BCUT2D eigenvalue weighted by Crippen LogP contribution is 2.25. The number of nitrogens with one attached hydrogen (secondary N) is 1. The largest absolute Gasteiger partial charge is 0.497 e. The van der Waals surface area contributed by atoms with Crippen molar-refractivity contribution in [2.24, 2.45) is 0 Å². The molecule has 5 nitrogen and oxygen atoms in total. The van der Waals surface area contributed by atoms with E-state index in [1.807, 2.05) is 42.5 Å². The van der Waals surface area contributed by atoms with Crippen LogP contribution in [0.4, 0.5) is 0 Å². The Morgan fingerprint density at radius 1 is 1.23 bits per heavy atom. The summed E-state index contributed by atoms with van der Waals surface area (Å²) in [5.74, 6) is 1.75. The Bertz CT molecular complexity index is 953. The van der Waals surface area contributed by atoms with Crippen LogP contribution in [-0.2, 0) is 19.5 Å². The van der Waals surface area contributed by atoms with Crippen molar-refractivity contribution in [3.8, 4) is 23.2 Å². The standard InChI is InChI=1S/C21H20N4O/c1-26-18-7-5-17(6-8-18)21-23-19-9-10-25(14-20(19)24-21)13-16-4-2-3-15(11-16)12-22/h2-8,11H,9-10,13-14H2,1H3,(H,23,24). The summed E-state index contributed by atoms with van der Waals surface area (Å²) in [6.07, 6.45) is 0.930. The van der Waals surface area contributed by atoms with Gasteiger partial charge in [0.2, 0.25) is 0 Å². The molecule has 0 fully saturated rings. The second-order valence-corrected chi connectivity index (χ2v) is 6.51. The number of H-pyrrole nitrogens is 1. The number of methoxy groups -OCH3 is 1. The minimum Gasteiger partial charge on any atom is -0.497 e. The number of hydrogen-bond acceptors (Lipinski definition) is 4. The first-order valence-electron chi connectivity index (χ1n) is 8.69. The number of ether oxygens (including phenoxy) is 1. The lowest BCUT2D eigenvalue weighted by Crippen LogP contribution is -2.30. The van der Waals surface area contributed by atoms with E-state index < -0.39 is 0 Å². The van der Waals surface area contributed by atoms with Crippen LogP contribution >= 0.6 is 0 Å². The minimum atomic E-state index is 0.712. The Balaban J connectivity index is 1.50. The molecule has 1 aliphatic heterocycles. The first-order chi connectivity index (χ1) is 12.7. The molecular formula is C21H20N4O. The van der Waals surface area contributed by atoms with Crippen LogP contribution in [0.3, 0.4) is 0 Å². The fraction of sp³-hybridized carbons (Fsp3) is 0.238. The molecule has 2 aromatic carbocycles. The molecule has 1 N–H and O–H groups in total. The van der Waals surface area contributed by atoms with Gasteiger partial charge in [0.15, 0.2) is 0 Å². The quantitative estimate of drug-likeness (QED) is 0.786. The molecule has 0 unspecified atom stereocenters. The summed E-state index contributed by atoms with van der Waals surface area (Å²) in [4.78, 5) is 10.6. The van der Waals surface area contributed by atoms with Gasteiger partial charge in [-0.2, -0.15) is 5.26 Å². The van der Waals surface area contributed by atoms with Crippen LogP contribution < -0.4 is 4.74 Å². The molecule has 0 amide bonds. The molecule has 0 spiro atoms. The summed E-state index contributed by atoms with van der Waals surface area (Å²) in [7, 11) is 1.67. The maximum atomic E-state index is 9.06. The molecule has 1 aromatic heterocycles. The molecule has 2 heterocycles. The Morgan fingerprint density at radius 2 is 2.08 bits per heavy atom. The zero-order valence-electron chi connectivity index (χ0n) is 14.7. The van der Waals surface area contributed by atoms with Gasteiger partial charge in [0.05, 0.1) is 30.1 Å². The average molecular weight is 344 g/mol. The van der Waals surface area contributed by atoms with Gasteiger partial charge in [-0.3, -0.25) is 4.90 Å². The summed E-state index contributed by atoms with van der Waals surface area (Å²) < 4.78 is 5.22. The molecule has 4 rings (SSSR count). The number of imidazole rings is 1. The van der Waals surface area contributed by atoms with Crippen LogP contribution in [0.5, 0.6) is 5.75 Å². The summed E-state index contributed by atoms with van der Waals surface area (Å²) in [6.45, 7) is 2.65. The highest BCUT2D eigenvalue weighted by molar-refractivity contribution is 5.57. The molecule has 0 atom stereocenters. The van der Waals surface area contributed by atoms with Gasteiger partial charge < -0.3 is 9.72 Å². The summed E-state index contributed by atoms with van der Waals surface area (Å²) in [5, 5.41) is 9.06. The van der Waals surface area contributed by atoms with Crippen LogP contribution in [0.15, 0.2) is 48.5 Å². The molecule has 1 aliphatic rings. The van der Waals surface area contributed by atoms with E-state index >= 15 is 0 Å². The van der Waals surface area contributed by atoms with Gasteiger partial charge in [0.1, 0.15) is 11.6 Å². The second kappa shape index (κ2) is 7.03. The number of benzene rings is 2. The van der Waals surface area contributed by atoms with Gasteiger partial charge >= 0.3 is 0 Å². The van der Waals surface area contributed by atoms with Crippen molar-refractivity contribution in [1.29, 1.82) is 5.26 Å². The van der Waals surface area contributed by atoms with E-state index in [0.717, 1.165) is 48.9 Å². The normalized spacial score (nSPS) is 13.8. The molecule has 0 aliphatic carbocycles. The Kier molecular flexibility index (Phi) is 4.42. The lowest BCUT2D eigenvalue weighted by atomic mass is 10.1. The van der Waals surface area contributed by atoms with E-state index in [1.165, 1.54) is 11.3 Å².